The van der Waals surface area contributed by atoms with E-state index < -0.39 is 5.97 Å². The molecule has 0 spiro atoms. The zero-order valence-corrected chi connectivity index (χ0v) is 28.2. The Morgan fingerprint density at radius 3 is 1.62 bits per heavy atom. The van der Waals surface area contributed by atoms with Crippen LogP contribution in [-0.4, -0.2) is 11.9 Å². The molecule has 1 aliphatic carbocycles. The Balaban J connectivity index is 1.14. The molecule has 0 aliphatic heterocycles. The van der Waals surface area contributed by atoms with Crippen molar-refractivity contribution in [3.05, 3.63) is 166 Å². The van der Waals surface area contributed by atoms with Gasteiger partial charge in [0.05, 0.1) is 11.1 Å². The molecule has 1 aliphatic rings. The summed E-state index contributed by atoms with van der Waals surface area (Å²) in [6, 6.07) is 37.5. The van der Waals surface area contributed by atoms with Gasteiger partial charge in [-0.05, 0) is 114 Å². The number of aryl methyl sites for hydroxylation is 2. The Hall–Kier alpha value is -5.48. The second-order valence-electron chi connectivity index (χ2n) is 12.6. The minimum atomic E-state index is -0.398. The largest absolute Gasteiger partial charge is 0.427 e. The Bertz CT molecular complexity index is 2010. The molecular formula is C44H40O4. The second-order valence-corrected chi connectivity index (χ2v) is 12.6. The fraction of sp³-hybridized carbons (Fsp3) is 0.182. The van der Waals surface area contributed by atoms with Crippen molar-refractivity contribution in [1.82, 2.24) is 0 Å². The van der Waals surface area contributed by atoms with Crippen LogP contribution in [0.2, 0.25) is 0 Å². The summed E-state index contributed by atoms with van der Waals surface area (Å²) in [5.41, 5.74) is 12.1. The second kappa shape index (κ2) is 14.1. The molecular weight excluding hydrogens is 592 g/mol. The van der Waals surface area contributed by atoms with Gasteiger partial charge in [0.1, 0.15) is 11.5 Å². The molecule has 4 nitrogen and oxygen atoms in total. The summed E-state index contributed by atoms with van der Waals surface area (Å²) in [6.45, 7) is 10.4. The maximum absolute atomic E-state index is 13.2. The highest BCUT2D eigenvalue weighted by Crippen LogP contribution is 2.44. The van der Waals surface area contributed by atoms with E-state index in [4.69, 9.17) is 9.47 Å². The zero-order valence-electron chi connectivity index (χ0n) is 28.2. The number of fused-ring (bicyclic) bond motifs is 1. The Morgan fingerprint density at radius 1 is 0.646 bits per heavy atom. The molecule has 5 aromatic rings. The average molecular weight is 633 g/mol. The van der Waals surface area contributed by atoms with Gasteiger partial charge < -0.3 is 9.47 Å². The third-order valence-electron chi connectivity index (χ3n) is 9.05. The van der Waals surface area contributed by atoms with E-state index >= 15 is 0 Å². The molecule has 240 valence electrons. The van der Waals surface area contributed by atoms with Gasteiger partial charge in [-0.1, -0.05) is 104 Å². The van der Waals surface area contributed by atoms with E-state index in [0.29, 0.717) is 29.1 Å². The summed E-state index contributed by atoms with van der Waals surface area (Å²) in [7, 11) is 0. The van der Waals surface area contributed by atoms with Crippen molar-refractivity contribution in [2.45, 2.75) is 53.4 Å². The van der Waals surface area contributed by atoms with Crippen LogP contribution < -0.4 is 4.74 Å². The molecule has 1 unspecified atom stereocenters. The predicted molar refractivity (Wildman–Crippen MR) is 194 cm³/mol. The van der Waals surface area contributed by atoms with E-state index in [-0.39, 0.29) is 11.9 Å². The quantitative estimate of drug-likeness (QED) is 0.0922. The summed E-state index contributed by atoms with van der Waals surface area (Å²) < 4.78 is 11.8. The molecule has 0 amide bonds. The lowest BCUT2D eigenvalue weighted by Gasteiger charge is -2.13. The highest BCUT2D eigenvalue weighted by molar-refractivity contribution is 5.92. The number of hydrogen-bond acceptors (Lipinski definition) is 4. The van der Waals surface area contributed by atoms with E-state index in [1.54, 1.807) is 12.1 Å². The number of allylic oxidation sites excluding steroid dienone is 4. The molecule has 4 heteroatoms. The topological polar surface area (TPSA) is 52.6 Å². The van der Waals surface area contributed by atoms with Gasteiger partial charge in [-0.25, -0.2) is 9.59 Å². The number of carbonyl (C=O) groups excluding carboxylic acids is 2. The van der Waals surface area contributed by atoms with Gasteiger partial charge in [0.15, 0.2) is 0 Å². The molecule has 1 atom stereocenters. The van der Waals surface area contributed by atoms with Crippen molar-refractivity contribution >= 4 is 17.5 Å². The molecule has 0 aromatic heterocycles. The molecule has 0 N–H and O–H groups in total. The first-order valence-corrected chi connectivity index (χ1v) is 16.5. The molecule has 0 saturated carbocycles. The van der Waals surface area contributed by atoms with Crippen molar-refractivity contribution in [3.8, 4) is 28.0 Å². The number of carbonyl (C=O) groups is 2. The summed E-state index contributed by atoms with van der Waals surface area (Å²) in [5.74, 6) is 0.407. The molecule has 48 heavy (non-hydrogen) atoms. The molecule has 0 fully saturated rings. The van der Waals surface area contributed by atoms with Crippen LogP contribution in [0.25, 0.3) is 27.8 Å². The molecule has 0 saturated heterocycles. The fourth-order valence-corrected chi connectivity index (χ4v) is 6.19. The summed E-state index contributed by atoms with van der Waals surface area (Å²) in [6.07, 6.45) is 3.49. The van der Waals surface area contributed by atoms with Crippen molar-refractivity contribution in [2.24, 2.45) is 0 Å². The maximum Gasteiger partial charge on any atom is 0.343 e. The van der Waals surface area contributed by atoms with Crippen LogP contribution in [0.1, 0.15) is 82.5 Å². The number of benzene rings is 5. The SMILES string of the molecule is CCC/C(=C\C1=C(C)c2ccc(OC(=O)c3ccc(-c4ccc(C)cc4)cc3)cc2C1C)OC(=O)c1ccc(-c2ccc(C)cc2)cc1. The normalized spacial score (nSPS) is 14.1. The lowest BCUT2D eigenvalue weighted by molar-refractivity contribution is 0.0612. The van der Waals surface area contributed by atoms with Crippen LogP contribution in [0.4, 0.5) is 0 Å². The number of hydrogen-bond donors (Lipinski definition) is 0. The number of esters is 2. The maximum atomic E-state index is 13.2. The van der Waals surface area contributed by atoms with Gasteiger partial charge in [0.2, 0.25) is 0 Å². The van der Waals surface area contributed by atoms with Gasteiger partial charge >= 0.3 is 11.9 Å². The van der Waals surface area contributed by atoms with E-state index in [2.05, 4.69) is 83.1 Å². The van der Waals surface area contributed by atoms with Crippen LogP contribution >= 0.6 is 0 Å². The number of rotatable bonds is 9. The minimum Gasteiger partial charge on any atom is -0.427 e. The third kappa shape index (κ3) is 7.08. The molecule has 6 rings (SSSR count). The van der Waals surface area contributed by atoms with E-state index in [9.17, 15) is 9.59 Å². The zero-order chi connectivity index (χ0) is 33.8. The number of ether oxygens (including phenoxy) is 2. The Kier molecular flexibility index (Phi) is 9.54. The lowest BCUT2D eigenvalue weighted by atomic mass is 9.96. The van der Waals surface area contributed by atoms with Crippen LogP contribution in [0.5, 0.6) is 5.75 Å². The van der Waals surface area contributed by atoms with Crippen molar-refractivity contribution in [3.63, 3.8) is 0 Å². The van der Waals surface area contributed by atoms with Crippen LogP contribution in [-0.2, 0) is 4.74 Å². The van der Waals surface area contributed by atoms with E-state index in [0.717, 1.165) is 50.9 Å². The summed E-state index contributed by atoms with van der Waals surface area (Å²) in [5, 5.41) is 0. The van der Waals surface area contributed by atoms with Gasteiger partial charge in [0, 0.05) is 12.3 Å². The Morgan fingerprint density at radius 2 is 1.12 bits per heavy atom. The van der Waals surface area contributed by atoms with Gasteiger partial charge in [-0.3, -0.25) is 0 Å². The smallest absolute Gasteiger partial charge is 0.343 e. The van der Waals surface area contributed by atoms with Gasteiger partial charge in [-0.2, -0.15) is 0 Å². The first-order valence-electron chi connectivity index (χ1n) is 16.5. The van der Waals surface area contributed by atoms with Crippen molar-refractivity contribution < 1.29 is 19.1 Å². The van der Waals surface area contributed by atoms with Crippen LogP contribution in [0.15, 0.2) is 133 Å². The van der Waals surface area contributed by atoms with E-state index in [1.807, 2.05) is 60.7 Å². The van der Waals surface area contributed by atoms with Crippen molar-refractivity contribution in [1.29, 1.82) is 0 Å². The molecule has 0 radical (unpaired) electrons. The first kappa shape index (κ1) is 32.5. The van der Waals surface area contributed by atoms with E-state index in [1.165, 1.54) is 11.1 Å². The van der Waals surface area contributed by atoms with Gasteiger partial charge in [-0.15, -0.1) is 0 Å². The average Bonchev–Trinajstić information content (AvgIpc) is 3.33. The fourth-order valence-electron chi connectivity index (χ4n) is 6.19. The first-order chi connectivity index (χ1) is 23.2. The minimum absolute atomic E-state index is 0.0341. The van der Waals surface area contributed by atoms with Crippen molar-refractivity contribution in [2.75, 3.05) is 0 Å². The highest BCUT2D eigenvalue weighted by atomic mass is 16.5. The molecule has 0 bridgehead atoms. The van der Waals surface area contributed by atoms with Crippen LogP contribution in [0.3, 0.4) is 0 Å². The summed E-state index contributed by atoms with van der Waals surface area (Å²) in [4.78, 5) is 26.3. The third-order valence-corrected chi connectivity index (χ3v) is 9.05. The van der Waals surface area contributed by atoms with Gasteiger partial charge in [0.25, 0.3) is 0 Å². The predicted octanol–water partition coefficient (Wildman–Crippen LogP) is 11.3. The molecule has 0 heterocycles. The Labute approximate surface area is 283 Å². The lowest BCUT2D eigenvalue weighted by Crippen LogP contribution is -2.08. The highest BCUT2D eigenvalue weighted by Gasteiger charge is 2.26. The standard InChI is InChI=1S/C44H40O4/c1-6-7-38(47-43(45)36-20-16-34(17-21-36)32-12-8-28(2)9-13-32)26-41-30(4)40-25-24-39(27-42(40)31(41)5)48-44(46)37-22-18-35(19-23-37)33-14-10-29(3)11-15-33/h8-27,31H,6-7H2,1-5H3/b38-26+. The summed E-state index contributed by atoms with van der Waals surface area (Å²) >= 11 is 0. The monoisotopic (exact) mass is 632 g/mol. The van der Waals surface area contributed by atoms with Crippen LogP contribution in [0, 0.1) is 13.8 Å². The molecule has 5 aromatic carbocycles.